The van der Waals surface area contributed by atoms with Crippen LogP contribution in [0.2, 0.25) is 0 Å². The molecule has 7 nitrogen and oxygen atoms in total. The lowest BCUT2D eigenvalue weighted by atomic mass is 9.93. The first-order valence-corrected chi connectivity index (χ1v) is 12.6. The van der Waals surface area contributed by atoms with Gasteiger partial charge in [-0.2, -0.15) is 5.10 Å². The predicted octanol–water partition coefficient (Wildman–Crippen LogP) is 6.30. The van der Waals surface area contributed by atoms with Gasteiger partial charge in [-0.25, -0.2) is 4.68 Å². The summed E-state index contributed by atoms with van der Waals surface area (Å²) in [5, 5.41) is 13.9. The summed E-state index contributed by atoms with van der Waals surface area (Å²) in [5.74, 6) is 0.0429. The summed E-state index contributed by atoms with van der Waals surface area (Å²) in [6, 6.07) is 21.1. The van der Waals surface area contributed by atoms with Crippen molar-refractivity contribution in [2.75, 3.05) is 16.0 Å². The molecule has 38 heavy (non-hydrogen) atoms. The third-order valence-electron chi connectivity index (χ3n) is 6.85. The molecule has 1 aliphatic heterocycles. The molecule has 3 aromatic carbocycles. The highest BCUT2D eigenvalue weighted by molar-refractivity contribution is 6.09. The zero-order chi connectivity index (χ0) is 27.0. The standard InChI is InChI=1S/C31H31N5O2/c1-18-6-11-23(12-7-18)28-27(31(38)35-26-15-10-20(3)16-21(26)4)22(5)33-29-25(17-32-36(28)29)30(37)34-24-13-8-19(2)9-14-24/h6-17,28,33H,1-5H3,(H,34,37)(H,35,38)/t28-/m1/s1. The Morgan fingerprint density at radius 1 is 0.789 bits per heavy atom. The lowest BCUT2D eigenvalue weighted by molar-refractivity contribution is -0.113. The van der Waals surface area contributed by atoms with Crippen LogP contribution >= 0.6 is 0 Å². The summed E-state index contributed by atoms with van der Waals surface area (Å²) in [6.45, 7) is 9.88. The number of hydrogen-bond acceptors (Lipinski definition) is 4. The maximum atomic E-state index is 13.8. The van der Waals surface area contributed by atoms with Crippen LogP contribution in [0.25, 0.3) is 0 Å². The molecule has 4 aromatic rings. The largest absolute Gasteiger partial charge is 0.343 e. The Labute approximate surface area is 222 Å². The SMILES string of the molecule is CC1=C(C(=O)Nc2ccc(C)cc2C)[C@@H](c2ccc(C)cc2)n2ncc(C(=O)Nc3ccc(C)cc3)c2N1. The van der Waals surface area contributed by atoms with Crippen LogP contribution in [-0.4, -0.2) is 21.6 Å². The smallest absolute Gasteiger partial charge is 0.261 e. The third-order valence-corrected chi connectivity index (χ3v) is 6.85. The number of aryl methyl sites for hydroxylation is 4. The fraction of sp³-hybridized carbons (Fsp3) is 0.194. The lowest BCUT2D eigenvalue weighted by Gasteiger charge is -2.30. The zero-order valence-corrected chi connectivity index (χ0v) is 22.2. The van der Waals surface area contributed by atoms with Crippen LogP contribution in [0.3, 0.4) is 0 Å². The molecule has 0 spiro atoms. The molecule has 7 heteroatoms. The van der Waals surface area contributed by atoms with E-state index in [-0.39, 0.29) is 11.8 Å². The van der Waals surface area contributed by atoms with Crippen molar-refractivity contribution in [2.24, 2.45) is 0 Å². The van der Waals surface area contributed by atoms with E-state index in [0.29, 0.717) is 28.3 Å². The lowest BCUT2D eigenvalue weighted by Crippen LogP contribution is -2.32. The Kier molecular flexibility index (Phi) is 6.59. The number of hydrogen-bond donors (Lipinski definition) is 3. The third kappa shape index (κ3) is 4.83. The summed E-state index contributed by atoms with van der Waals surface area (Å²) in [5.41, 5.74) is 8.30. The van der Waals surface area contributed by atoms with Gasteiger partial charge in [-0.1, -0.05) is 65.2 Å². The molecule has 2 amide bonds. The van der Waals surface area contributed by atoms with Crippen molar-refractivity contribution in [1.82, 2.24) is 9.78 Å². The van der Waals surface area contributed by atoms with Crippen LogP contribution in [0, 0.1) is 27.7 Å². The molecule has 5 rings (SSSR count). The second-order valence-corrected chi connectivity index (χ2v) is 9.92. The number of anilines is 3. The number of nitrogens with zero attached hydrogens (tertiary/aromatic N) is 2. The first-order chi connectivity index (χ1) is 18.2. The molecule has 0 aliphatic carbocycles. The molecule has 2 heterocycles. The van der Waals surface area contributed by atoms with Gasteiger partial charge in [0, 0.05) is 17.1 Å². The molecule has 1 aromatic heterocycles. The van der Waals surface area contributed by atoms with Crippen molar-refractivity contribution in [3.8, 4) is 0 Å². The average molecular weight is 506 g/mol. The number of carbonyl (C=O) groups is 2. The summed E-state index contributed by atoms with van der Waals surface area (Å²) >= 11 is 0. The Morgan fingerprint density at radius 2 is 1.42 bits per heavy atom. The molecule has 192 valence electrons. The highest BCUT2D eigenvalue weighted by atomic mass is 16.2. The molecule has 0 bridgehead atoms. The van der Waals surface area contributed by atoms with E-state index in [1.165, 1.54) is 0 Å². The molecule has 0 radical (unpaired) electrons. The first kappa shape index (κ1) is 25.0. The van der Waals surface area contributed by atoms with Crippen LogP contribution < -0.4 is 16.0 Å². The van der Waals surface area contributed by atoms with Gasteiger partial charge >= 0.3 is 0 Å². The van der Waals surface area contributed by atoms with Crippen molar-refractivity contribution in [3.63, 3.8) is 0 Å². The van der Waals surface area contributed by atoms with E-state index < -0.39 is 6.04 Å². The number of rotatable bonds is 5. The Bertz CT molecular complexity index is 1560. The highest BCUT2D eigenvalue weighted by Crippen LogP contribution is 2.38. The van der Waals surface area contributed by atoms with Crippen LogP contribution in [0.5, 0.6) is 0 Å². The fourth-order valence-corrected chi connectivity index (χ4v) is 4.75. The molecule has 0 unspecified atom stereocenters. The van der Waals surface area contributed by atoms with Gasteiger partial charge in [-0.15, -0.1) is 0 Å². The molecular weight excluding hydrogens is 474 g/mol. The molecule has 3 N–H and O–H groups in total. The summed E-state index contributed by atoms with van der Waals surface area (Å²) in [6.07, 6.45) is 1.55. The minimum atomic E-state index is -0.515. The van der Waals surface area contributed by atoms with Gasteiger partial charge in [-0.3, -0.25) is 9.59 Å². The number of aromatic nitrogens is 2. The van der Waals surface area contributed by atoms with E-state index in [9.17, 15) is 9.59 Å². The van der Waals surface area contributed by atoms with Gasteiger partial charge < -0.3 is 16.0 Å². The number of fused-ring (bicyclic) bond motifs is 1. The highest BCUT2D eigenvalue weighted by Gasteiger charge is 2.35. The fourth-order valence-electron chi connectivity index (χ4n) is 4.75. The van der Waals surface area contributed by atoms with Gasteiger partial charge in [-0.05, 0) is 63.9 Å². The summed E-state index contributed by atoms with van der Waals surface area (Å²) in [4.78, 5) is 27.0. The Balaban J connectivity index is 1.53. The molecule has 1 aliphatic rings. The van der Waals surface area contributed by atoms with Crippen LogP contribution in [0.1, 0.15) is 51.1 Å². The van der Waals surface area contributed by atoms with Crippen molar-refractivity contribution >= 4 is 29.0 Å². The molecular formula is C31H31N5O2. The van der Waals surface area contributed by atoms with Crippen LogP contribution in [0.4, 0.5) is 17.2 Å². The maximum absolute atomic E-state index is 13.8. The number of amides is 2. The minimum Gasteiger partial charge on any atom is -0.343 e. The van der Waals surface area contributed by atoms with E-state index in [4.69, 9.17) is 0 Å². The molecule has 0 saturated heterocycles. The van der Waals surface area contributed by atoms with Crippen molar-refractivity contribution in [1.29, 1.82) is 0 Å². The van der Waals surface area contributed by atoms with Crippen molar-refractivity contribution < 1.29 is 9.59 Å². The monoisotopic (exact) mass is 505 g/mol. The number of nitrogens with one attached hydrogen (secondary N) is 3. The van der Waals surface area contributed by atoms with Crippen LogP contribution in [0.15, 0.2) is 84.2 Å². The molecule has 0 saturated carbocycles. The topological polar surface area (TPSA) is 88.0 Å². The van der Waals surface area contributed by atoms with Crippen LogP contribution in [-0.2, 0) is 4.79 Å². The summed E-state index contributed by atoms with van der Waals surface area (Å²) in [7, 11) is 0. The first-order valence-electron chi connectivity index (χ1n) is 12.6. The van der Waals surface area contributed by atoms with E-state index in [0.717, 1.165) is 33.5 Å². The van der Waals surface area contributed by atoms with E-state index in [2.05, 4.69) is 21.0 Å². The molecule has 1 atom stereocenters. The second-order valence-electron chi connectivity index (χ2n) is 9.92. The number of allylic oxidation sites excluding steroid dienone is 1. The predicted molar refractivity (Wildman–Crippen MR) is 152 cm³/mol. The van der Waals surface area contributed by atoms with Gasteiger partial charge in [0.2, 0.25) is 0 Å². The Morgan fingerprint density at radius 3 is 2.08 bits per heavy atom. The number of benzene rings is 3. The van der Waals surface area contributed by atoms with Gasteiger partial charge in [0.05, 0.1) is 11.8 Å². The zero-order valence-electron chi connectivity index (χ0n) is 22.2. The van der Waals surface area contributed by atoms with Crippen molar-refractivity contribution in [2.45, 2.75) is 40.7 Å². The quantitative estimate of drug-likeness (QED) is 0.297. The van der Waals surface area contributed by atoms with E-state index >= 15 is 0 Å². The second kappa shape index (κ2) is 10.0. The normalized spacial score (nSPS) is 14.5. The van der Waals surface area contributed by atoms with Gasteiger partial charge in [0.25, 0.3) is 11.8 Å². The van der Waals surface area contributed by atoms with Gasteiger partial charge in [0.15, 0.2) is 0 Å². The maximum Gasteiger partial charge on any atom is 0.261 e. The summed E-state index contributed by atoms with van der Waals surface area (Å²) < 4.78 is 1.72. The average Bonchev–Trinajstić information content (AvgIpc) is 3.30. The minimum absolute atomic E-state index is 0.223. The number of carbonyl (C=O) groups excluding carboxylic acids is 2. The van der Waals surface area contributed by atoms with Gasteiger partial charge in [0.1, 0.15) is 17.4 Å². The Hall–Kier alpha value is -4.65. The van der Waals surface area contributed by atoms with Crippen molar-refractivity contribution in [3.05, 3.63) is 118 Å². The molecule has 0 fully saturated rings. The van der Waals surface area contributed by atoms with E-state index in [1.807, 2.05) is 101 Å². The van der Waals surface area contributed by atoms with E-state index in [1.54, 1.807) is 10.9 Å².